The molecule has 0 bridgehead atoms. The number of pyridine rings is 1. The van der Waals surface area contributed by atoms with Crippen LogP contribution >= 0.6 is 0 Å². The van der Waals surface area contributed by atoms with Crippen molar-refractivity contribution in [2.24, 2.45) is 0 Å². The molecule has 114 valence electrons. The number of rotatable bonds is 6. The molecule has 2 saturated carbocycles. The Hall–Kier alpha value is -2.03. The van der Waals surface area contributed by atoms with Gasteiger partial charge in [0, 0.05) is 35.5 Å². The van der Waals surface area contributed by atoms with E-state index in [0.29, 0.717) is 5.41 Å². The van der Waals surface area contributed by atoms with Crippen LogP contribution in [0, 0.1) is 0 Å². The molecule has 22 heavy (non-hydrogen) atoms. The van der Waals surface area contributed by atoms with Gasteiger partial charge in [-0.2, -0.15) is 0 Å². The Kier molecular flexibility index (Phi) is 3.29. The van der Waals surface area contributed by atoms with Gasteiger partial charge >= 0.3 is 0 Å². The van der Waals surface area contributed by atoms with Gasteiger partial charge in [-0.05, 0) is 67.6 Å². The van der Waals surface area contributed by atoms with Gasteiger partial charge in [0.1, 0.15) is 5.75 Å². The Morgan fingerprint density at radius 2 is 1.95 bits per heavy atom. The summed E-state index contributed by atoms with van der Waals surface area (Å²) in [6.07, 6.45) is 7.16. The first-order valence-electron chi connectivity index (χ1n) is 8.13. The Morgan fingerprint density at radius 1 is 1.18 bits per heavy atom. The second kappa shape index (κ2) is 5.31. The lowest BCUT2D eigenvalue weighted by molar-refractivity contribution is 0.415. The van der Waals surface area contributed by atoms with Crippen LogP contribution in [-0.2, 0) is 5.41 Å². The molecule has 1 aromatic carbocycles. The number of benzene rings is 1. The summed E-state index contributed by atoms with van der Waals surface area (Å²) in [4.78, 5) is 4.55. The highest BCUT2D eigenvalue weighted by Gasteiger charge is 2.44. The predicted octanol–water partition coefficient (Wildman–Crippen LogP) is 4.11. The van der Waals surface area contributed by atoms with Crippen LogP contribution in [0.15, 0.2) is 42.6 Å². The van der Waals surface area contributed by atoms with E-state index in [-0.39, 0.29) is 0 Å². The summed E-state index contributed by atoms with van der Waals surface area (Å²) < 4.78 is 5.20. The number of methoxy groups -OCH3 is 1. The first-order chi connectivity index (χ1) is 10.8. The summed E-state index contributed by atoms with van der Waals surface area (Å²) >= 11 is 0. The first kappa shape index (κ1) is 13.6. The van der Waals surface area contributed by atoms with Crippen LogP contribution in [0.3, 0.4) is 0 Å². The topological polar surface area (TPSA) is 34.1 Å². The van der Waals surface area contributed by atoms with Crippen molar-refractivity contribution in [3.05, 3.63) is 53.9 Å². The fourth-order valence-electron chi connectivity index (χ4n) is 3.08. The third kappa shape index (κ3) is 2.68. The molecule has 2 aliphatic rings. The fraction of sp³-hybridized carbons (Fsp3) is 0.421. The van der Waals surface area contributed by atoms with Gasteiger partial charge < -0.3 is 10.1 Å². The molecule has 0 spiro atoms. The molecular weight excluding hydrogens is 272 g/mol. The lowest BCUT2D eigenvalue weighted by atomic mass is 9.95. The van der Waals surface area contributed by atoms with Crippen molar-refractivity contribution >= 4 is 5.69 Å². The highest BCUT2D eigenvalue weighted by atomic mass is 16.5. The minimum Gasteiger partial charge on any atom is -0.497 e. The van der Waals surface area contributed by atoms with Crippen LogP contribution in [0.1, 0.15) is 42.9 Å². The summed E-state index contributed by atoms with van der Waals surface area (Å²) in [5, 5.41) is 3.59. The van der Waals surface area contributed by atoms with Crippen molar-refractivity contribution in [2.45, 2.75) is 37.0 Å². The normalized spacial score (nSPS) is 18.8. The van der Waals surface area contributed by atoms with E-state index < -0.39 is 0 Å². The molecule has 4 rings (SSSR count). The molecule has 1 heterocycles. The van der Waals surface area contributed by atoms with E-state index in [0.717, 1.165) is 23.9 Å². The molecule has 2 aliphatic carbocycles. The number of anilines is 1. The molecule has 3 heteroatoms. The maximum atomic E-state index is 5.20. The standard InChI is InChI=1S/C19H22N2O/c1-22-17-6-4-16(5-7-17)21-13-19(9-10-19)15-8-11-20-18(12-15)14-2-3-14/h4-8,11-12,14,21H,2-3,9-10,13H2,1H3. The lowest BCUT2D eigenvalue weighted by Gasteiger charge is -2.18. The largest absolute Gasteiger partial charge is 0.497 e. The molecule has 0 radical (unpaired) electrons. The highest BCUT2D eigenvalue weighted by Crippen LogP contribution is 2.49. The van der Waals surface area contributed by atoms with Crippen molar-refractivity contribution in [3.63, 3.8) is 0 Å². The Labute approximate surface area is 131 Å². The average Bonchev–Trinajstić information content (AvgIpc) is 3.48. The molecule has 3 nitrogen and oxygen atoms in total. The average molecular weight is 294 g/mol. The number of hydrogen-bond acceptors (Lipinski definition) is 3. The minimum absolute atomic E-state index is 0.312. The zero-order valence-electron chi connectivity index (χ0n) is 13.0. The SMILES string of the molecule is COc1ccc(NCC2(c3ccnc(C4CC4)c3)CC2)cc1. The van der Waals surface area contributed by atoms with Crippen molar-refractivity contribution in [1.82, 2.24) is 4.98 Å². The van der Waals surface area contributed by atoms with E-state index in [1.54, 1.807) is 7.11 Å². The van der Waals surface area contributed by atoms with E-state index in [9.17, 15) is 0 Å². The molecule has 0 atom stereocenters. The fourth-order valence-corrected chi connectivity index (χ4v) is 3.08. The molecule has 2 fully saturated rings. The molecule has 1 aromatic heterocycles. The van der Waals surface area contributed by atoms with Gasteiger partial charge in [0.25, 0.3) is 0 Å². The zero-order valence-corrected chi connectivity index (χ0v) is 13.0. The Morgan fingerprint density at radius 3 is 2.59 bits per heavy atom. The van der Waals surface area contributed by atoms with Crippen LogP contribution in [-0.4, -0.2) is 18.6 Å². The van der Waals surface area contributed by atoms with Gasteiger partial charge in [0.2, 0.25) is 0 Å². The lowest BCUT2D eigenvalue weighted by Crippen LogP contribution is -2.19. The van der Waals surface area contributed by atoms with Gasteiger partial charge in [0.15, 0.2) is 0 Å². The maximum absolute atomic E-state index is 5.20. The van der Waals surface area contributed by atoms with Crippen LogP contribution < -0.4 is 10.1 Å². The van der Waals surface area contributed by atoms with E-state index in [2.05, 4.69) is 34.6 Å². The van der Waals surface area contributed by atoms with Gasteiger partial charge in [-0.3, -0.25) is 4.98 Å². The Balaban J connectivity index is 1.46. The van der Waals surface area contributed by atoms with Gasteiger partial charge in [0.05, 0.1) is 7.11 Å². The third-order valence-electron chi connectivity index (χ3n) is 4.96. The summed E-state index contributed by atoms with van der Waals surface area (Å²) in [6, 6.07) is 12.7. The second-order valence-corrected chi connectivity index (χ2v) is 6.61. The molecule has 2 aromatic rings. The summed E-state index contributed by atoms with van der Waals surface area (Å²) in [7, 11) is 1.70. The van der Waals surface area contributed by atoms with Crippen LogP contribution in [0.2, 0.25) is 0 Å². The van der Waals surface area contributed by atoms with E-state index in [4.69, 9.17) is 4.74 Å². The van der Waals surface area contributed by atoms with Crippen LogP contribution in [0.5, 0.6) is 5.75 Å². The van der Waals surface area contributed by atoms with Crippen molar-refractivity contribution < 1.29 is 4.74 Å². The monoisotopic (exact) mass is 294 g/mol. The summed E-state index contributed by atoms with van der Waals surface area (Å²) in [6.45, 7) is 0.994. The smallest absolute Gasteiger partial charge is 0.119 e. The molecule has 0 amide bonds. The summed E-state index contributed by atoms with van der Waals surface area (Å²) in [5.41, 5.74) is 4.23. The van der Waals surface area contributed by atoms with E-state index >= 15 is 0 Å². The van der Waals surface area contributed by atoms with Gasteiger partial charge in [-0.15, -0.1) is 0 Å². The van der Waals surface area contributed by atoms with Gasteiger partial charge in [-0.1, -0.05) is 0 Å². The second-order valence-electron chi connectivity index (χ2n) is 6.61. The maximum Gasteiger partial charge on any atom is 0.119 e. The van der Waals surface area contributed by atoms with Crippen LogP contribution in [0.25, 0.3) is 0 Å². The molecule has 0 saturated heterocycles. The number of nitrogens with one attached hydrogen (secondary N) is 1. The third-order valence-corrected chi connectivity index (χ3v) is 4.96. The number of aromatic nitrogens is 1. The number of hydrogen-bond donors (Lipinski definition) is 1. The molecule has 1 N–H and O–H groups in total. The van der Waals surface area contributed by atoms with Crippen molar-refractivity contribution in [1.29, 1.82) is 0 Å². The molecule has 0 aliphatic heterocycles. The molecular formula is C19H22N2O. The number of nitrogens with zero attached hydrogens (tertiary/aromatic N) is 1. The predicted molar refractivity (Wildman–Crippen MR) is 88.6 cm³/mol. The Bertz CT molecular complexity index is 657. The van der Waals surface area contributed by atoms with Crippen molar-refractivity contribution in [2.75, 3.05) is 19.0 Å². The number of ether oxygens (including phenoxy) is 1. The zero-order chi connectivity index (χ0) is 15.0. The van der Waals surface area contributed by atoms with E-state index in [1.807, 2.05) is 18.3 Å². The highest BCUT2D eigenvalue weighted by molar-refractivity contribution is 5.48. The van der Waals surface area contributed by atoms with Crippen LogP contribution in [0.4, 0.5) is 5.69 Å². The molecule has 0 unspecified atom stereocenters. The van der Waals surface area contributed by atoms with Crippen molar-refractivity contribution in [3.8, 4) is 5.75 Å². The van der Waals surface area contributed by atoms with E-state index in [1.165, 1.54) is 36.9 Å². The van der Waals surface area contributed by atoms with Gasteiger partial charge in [-0.25, -0.2) is 0 Å². The first-order valence-corrected chi connectivity index (χ1v) is 8.13. The summed E-state index contributed by atoms with van der Waals surface area (Å²) in [5.74, 6) is 1.63. The quantitative estimate of drug-likeness (QED) is 0.870. The minimum atomic E-state index is 0.312.